The van der Waals surface area contributed by atoms with Crippen LogP contribution in [0.25, 0.3) is 0 Å². The van der Waals surface area contributed by atoms with Crippen molar-refractivity contribution >= 4 is 23.0 Å². The van der Waals surface area contributed by atoms with Crippen molar-refractivity contribution in [2.45, 2.75) is 27.2 Å². The Labute approximate surface area is 109 Å². The van der Waals surface area contributed by atoms with Crippen molar-refractivity contribution in [3.05, 3.63) is 23.9 Å². The number of rotatable bonds is 6. The summed E-state index contributed by atoms with van der Waals surface area (Å²) in [7, 11) is 0. The Hall–Kier alpha value is -1.16. The number of nitrogens with two attached hydrogens (primary N) is 1. The molecule has 1 heterocycles. The van der Waals surface area contributed by atoms with Gasteiger partial charge in [-0.05, 0) is 24.5 Å². The smallest absolute Gasteiger partial charge is 0.128 e. The normalized spacial score (nSPS) is 10.6. The molecule has 0 bridgehead atoms. The maximum absolute atomic E-state index is 5.56. The van der Waals surface area contributed by atoms with Gasteiger partial charge in [0.15, 0.2) is 0 Å². The first-order valence-electron chi connectivity index (χ1n) is 5.95. The molecular formula is C13H21N3S. The fraction of sp³-hybridized carbons (Fsp3) is 0.538. The third-order valence-corrected chi connectivity index (χ3v) is 2.64. The second kappa shape index (κ2) is 6.55. The van der Waals surface area contributed by atoms with E-state index in [9.17, 15) is 0 Å². The zero-order chi connectivity index (χ0) is 12.8. The number of aromatic nitrogens is 1. The van der Waals surface area contributed by atoms with Crippen LogP contribution in [0.3, 0.4) is 0 Å². The molecule has 2 N–H and O–H groups in total. The second-order valence-corrected chi connectivity index (χ2v) is 5.27. The average molecular weight is 251 g/mol. The maximum Gasteiger partial charge on any atom is 0.128 e. The summed E-state index contributed by atoms with van der Waals surface area (Å²) in [5.41, 5.74) is 6.73. The van der Waals surface area contributed by atoms with Gasteiger partial charge in [0.25, 0.3) is 0 Å². The second-order valence-electron chi connectivity index (χ2n) is 4.75. The van der Waals surface area contributed by atoms with Crippen LogP contribution in [0.2, 0.25) is 0 Å². The van der Waals surface area contributed by atoms with Crippen LogP contribution in [0, 0.1) is 12.8 Å². The quantitative estimate of drug-likeness (QED) is 0.789. The molecular weight excluding hydrogens is 230 g/mol. The Balaban J connectivity index is 2.74. The highest BCUT2D eigenvalue weighted by Crippen LogP contribution is 2.13. The molecule has 1 rings (SSSR count). The van der Waals surface area contributed by atoms with E-state index in [4.69, 9.17) is 18.0 Å². The summed E-state index contributed by atoms with van der Waals surface area (Å²) in [5, 5.41) is 0. The van der Waals surface area contributed by atoms with Gasteiger partial charge in [0.1, 0.15) is 5.82 Å². The molecule has 0 unspecified atom stereocenters. The SMILES string of the molecule is Cc1ccc(N(CCC(N)=S)CC(C)C)nc1. The number of thiocarbonyl (C=S) groups is 1. The largest absolute Gasteiger partial charge is 0.393 e. The number of aryl methyl sites for hydroxylation is 1. The van der Waals surface area contributed by atoms with E-state index in [0.29, 0.717) is 10.9 Å². The van der Waals surface area contributed by atoms with Gasteiger partial charge in [-0.15, -0.1) is 0 Å². The molecule has 94 valence electrons. The molecule has 0 atom stereocenters. The first kappa shape index (κ1) is 13.9. The predicted molar refractivity (Wildman–Crippen MR) is 77.4 cm³/mol. The summed E-state index contributed by atoms with van der Waals surface area (Å²) in [4.78, 5) is 7.25. The van der Waals surface area contributed by atoms with E-state index in [1.54, 1.807) is 0 Å². The molecule has 0 spiro atoms. The van der Waals surface area contributed by atoms with E-state index in [2.05, 4.69) is 35.9 Å². The van der Waals surface area contributed by atoms with Gasteiger partial charge in [-0.3, -0.25) is 0 Å². The fourth-order valence-corrected chi connectivity index (χ4v) is 1.72. The number of anilines is 1. The number of pyridine rings is 1. The summed E-state index contributed by atoms with van der Waals surface area (Å²) in [6.45, 7) is 8.24. The van der Waals surface area contributed by atoms with Gasteiger partial charge in [-0.2, -0.15) is 0 Å². The third-order valence-electron chi connectivity index (χ3n) is 2.43. The van der Waals surface area contributed by atoms with E-state index in [0.717, 1.165) is 25.3 Å². The van der Waals surface area contributed by atoms with Gasteiger partial charge in [0, 0.05) is 25.7 Å². The summed E-state index contributed by atoms with van der Waals surface area (Å²) in [6, 6.07) is 4.13. The van der Waals surface area contributed by atoms with Crippen LogP contribution in [-0.2, 0) is 0 Å². The molecule has 0 aliphatic carbocycles. The number of hydrogen-bond donors (Lipinski definition) is 1. The Kier molecular flexibility index (Phi) is 5.35. The summed E-state index contributed by atoms with van der Waals surface area (Å²) in [5.74, 6) is 1.59. The Morgan fingerprint density at radius 1 is 1.47 bits per heavy atom. The van der Waals surface area contributed by atoms with Crippen molar-refractivity contribution in [1.82, 2.24) is 4.98 Å². The molecule has 4 heteroatoms. The minimum absolute atomic E-state index is 0.561. The molecule has 0 aliphatic rings. The molecule has 0 radical (unpaired) electrons. The van der Waals surface area contributed by atoms with Gasteiger partial charge in [-0.25, -0.2) is 4.98 Å². The lowest BCUT2D eigenvalue weighted by atomic mass is 10.2. The Morgan fingerprint density at radius 2 is 2.18 bits per heavy atom. The fourth-order valence-electron chi connectivity index (χ4n) is 1.63. The van der Waals surface area contributed by atoms with Gasteiger partial charge in [0.2, 0.25) is 0 Å². The van der Waals surface area contributed by atoms with Crippen molar-refractivity contribution < 1.29 is 0 Å². The van der Waals surface area contributed by atoms with Crippen LogP contribution in [0.15, 0.2) is 18.3 Å². The molecule has 0 saturated heterocycles. The topological polar surface area (TPSA) is 42.1 Å². The van der Waals surface area contributed by atoms with Gasteiger partial charge in [0.05, 0.1) is 4.99 Å². The third kappa shape index (κ3) is 5.13. The lowest BCUT2D eigenvalue weighted by Gasteiger charge is -2.25. The van der Waals surface area contributed by atoms with Crippen LogP contribution in [0.5, 0.6) is 0 Å². The Morgan fingerprint density at radius 3 is 2.65 bits per heavy atom. The molecule has 0 fully saturated rings. The van der Waals surface area contributed by atoms with E-state index in [-0.39, 0.29) is 0 Å². The van der Waals surface area contributed by atoms with E-state index in [1.165, 1.54) is 5.56 Å². The maximum atomic E-state index is 5.56. The Bertz CT molecular complexity index is 359. The lowest BCUT2D eigenvalue weighted by molar-refractivity contribution is 0.609. The first-order valence-corrected chi connectivity index (χ1v) is 6.35. The highest BCUT2D eigenvalue weighted by atomic mass is 32.1. The zero-order valence-corrected chi connectivity index (χ0v) is 11.6. The average Bonchev–Trinajstić information content (AvgIpc) is 2.25. The van der Waals surface area contributed by atoms with Crippen LogP contribution >= 0.6 is 12.2 Å². The molecule has 1 aromatic heterocycles. The molecule has 0 saturated carbocycles. The molecule has 0 aromatic carbocycles. The van der Waals surface area contributed by atoms with Gasteiger partial charge in [-0.1, -0.05) is 32.1 Å². The molecule has 3 nitrogen and oxygen atoms in total. The molecule has 0 aliphatic heterocycles. The highest BCUT2D eigenvalue weighted by Gasteiger charge is 2.09. The van der Waals surface area contributed by atoms with Crippen molar-refractivity contribution in [1.29, 1.82) is 0 Å². The standard InChI is InChI=1S/C13H21N3S/c1-10(2)9-16(7-6-12(14)17)13-5-4-11(3)8-15-13/h4-5,8,10H,6-7,9H2,1-3H3,(H2,14,17). The van der Waals surface area contributed by atoms with Crippen LogP contribution in [-0.4, -0.2) is 23.1 Å². The summed E-state index contributed by atoms with van der Waals surface area (Å²) >= 11 is 4.93. The predicted octanol–water partition coefficient (Wildman–Crippen LogP) is 2.53. The molecule has 17 heavy (non-hydrogen) atoms. The molecule has 0 amide bonds. The molecule has 1 aromatic rings. The van der Waals surface area contributed by atoms with Crippen molar-refractivity contribution in [3.63, 3.8) is 0 Å². The van der Waals surface area contributed by atoms with E-state index in [1.807, 2.05) is 13.1 Å². The van der Waals surface area contributed by atoms with Crippen LogP contribution in [0.1, 0.15) is 25.8 Å². The minimum atomic E-state index is 0.561. The van der Waals surface area contributed by atoms with Crippen molar-refractivity contribution in [3.8, 4) is 0 Å². The van der Waals surface area contributed by atoms with E-state index >= 15 is 0 Å². The minimum Gasteiger partial charge on any atom is -0.393 e. The first-order chi connectivity index (χ1) is 7.99. The van der Waals surface area contributed by atoms with Gasteiger partial charge < -0.3 is 10.6 Å². The number of hydrogen-bond acceptors (Lipinski definition) is 3. The monoisotopic (exact) mass is 251 g/mol. The lowest BCUT2D eigenvalue weighted by Crippen LogP contribution is -2.31. The van der Waals surface area contributed by atoms with Gasteiger partial charge >= 0.3 is 0 Å². The van der Waals surface area contributed by atoms with Crippen LogP contribution < -0.4 is 10.6 Å². The summed E-state index contributed by atoms with van der Waals surface area (Å²) < 4.78 is 0. The highest BCUT2D eigenvalue weighted by molar-refractivity contribution is 7.80. The van der Waals surface area contributed by atoms with Crippen LogP contribution in [0.4, 0.5) is 5.82 Å². The number of nitrogens with zero attached hydrogens (tertiary/aromatic N) is 2. The summed E-state index contributed by atoms with van der Waals surface area (Å²) in [6.07, 6.45) is 2.63. The zero-order valence-electron chi connectivity index (χ0n) is 10.8. The van der Waals surface area contributed by atoms with E-state index < -0.39 is 0 Å². The van der Waals surface area contributed by atoms with Crippen molar-refractivity contribution in [2.75, 3.05) is 18.0 Å². The van der Waals surface area contributed by atoms with Crippen molar-refractivity contribution in [2.24, 2.45) is 11.7 Å².